The fourth-order valence-corrected chi connectivity index (χ4v) is 2.28. The number of nitrogens with zero attached hydrogens (tertiary/aromatic N) is 2. The highest BCUT2D eigenvalue weighted by Gasteiger charge is 2.37. The van der Waals surface area contributed by atoms with Crippen LogP contribution in [0.2, 0.25) is 0 Å². The summed E-state index contributed by atoms with van der Waals surface area (Å²) in [5, 5.41) is 18.2. The third kappa shape index (κ3) is 1.90. The Kier molecular flexibility index (Phi) is 3.12. The summed E-state index contributed by atoms with van der Waals surface area (Å²) < 4.78 is 0. The van der Waals surface area contributed by atoms with Crippen LogP contribution in [-0.2, 0) is 4.79 Å². The van der Waals surface area contributed by atoms with Crippen molar-refractivity contribution in [1.29, 1.82) is 5.26 Å². The average Bonchev–Trinajstić information content (AvgIpc) is 2.64. The van der Waals surface area contributed by atoms with Crippen molar-refractivity contribution in [3.63, 3.8) is 0 Å². The smallest absolute Gasteiger partial charge is 0.227 e. The maximum Gasteiger partial charge on any atom is 0.227 e. The molecule has 1 fully saturated rings. The molecule has 2 rings (SSSR count). The maximum absolute atomic E-state index is 11.9. The van der Waals surface area contributed by atoms with Crippen LogP contribution in [0.3, 0.4) is 0 Å². The summed E-state index contributed by atoms with van der Waals surface area (Å²) in [6.45, 7) is 1.90. The first-order chi connectivity index (χ1) is 8.19. The van der Waals surface area contributed by atoms with Crippen LogP contribution >= 0.6 is 0 Å². The second-order valence-electron chi connectivity index (χ2n) is 4.28. The highest BCUT2D eigenvalue weighted by Crippen LogP contribution is 2.32. The number of rotatable bonds is 2. The van der Waals surface area contributed by atoms with Gasteiger partial charge < -0.3 is 10.0 Å². The largest absolute Gasteiger partial charge is 0.396 e. The van der Waals surface area contributed by atoms with E-state index in [1.807, 2.05) is 13.0 Å². The Morgan fingerprint density at radius 1 is 1.53 bits per heavy atom. The Morgan fingerprint density at radius 3 is 2.82 bits per heavy atom. The van der Waals surface area contributed by atoms with E-state index < -0.39 is 0 Å². The minimum Gasteiger partial charge on any atom is -0.396 e. The van der Waals surface area contributed by atoms with E-state index in [4.69, 9.17) is 5.26 Å². The van der Waals surface area contributed by atoms with Crippen LogP contribution in [0.15, 0.2) is 24.3 Å². The van der Waals surface area contributed by atoms with E-state index in [0.717, 1.165) is 0 Å². The van der Waals surface area contributed by atoms with Crippen molar-refractivity contribution >= 4 is 11.6 Å². The first-order valence-electron chi connectivity index (χ1n) is 5.61. The summed E-state index contributed by atoms with van der Waals surface area (Å²) in [6, 6.07) is 9.07. The van der Waals surface area contributed by atoms with E-state index in [1.165, 1.54) is 0 Å². The number of anilines is 1. The predicted octanol–water partition coefficient (Wildman–Crippen LogP) is 1.29. The molecule has 0 saturated carbocycles. The number of nitriles is 1. The van der Waals surface area contributed by atoms with Crippen LogP contribution < -0.4 is 4.90 Å². The van der Waals surface area contributed by atoms with Crippen molar-refractivity contribution < 1.29 is 9.90 Å². The van der Waals surface area contributed by atoms with Gasteiger partial charge in [0.15, 0.2) is 0 Å². The lowest BCUT2D eigenvalue weighted by Crippen LogP contribution is -2.34. The molecule has 1 amide bonds. The third-order valence-electron chi connectivity index (χ3n) is 3.31. The van der Waals surface area contributed by atoms with Gasteiger partial charge in [-0.05, 0) is 19.1 Å². The summed E-state index contributed by atoms with van der Waals surface area (Å²) in [7, 11) is 0. The molecule has 4 heteroatoms. The van der Waals surface area contributed by atoms with E-state index in [9.17, 15) is 9.90 Å². The molecule has 1 aliphatic rings. The van der Waals surface area contributed by atoms with Crippen molar-refractivity contribution in [3.8, 4) is 6.07 Å². The molecule has 0 spiro atoms. The Labute approximate surface area is 100 Å². The van der Waals surface area contributed by atoms with Gasteiger partial charge in [-0.15, -0.1) is 0 Å². The highest BCUT2D eigenvalue weighted by atomic mass is 16.3. The van der Waals surface area contributed by atoms with E-state index in [2.05, 4.69) is 6.07 Å². The topological polar surface area (TPSA) is 64.3 Å². The quantitative estimate of drug-likeness (QED) is 0.832. The van der Waals surface area contributed by atoms with Gasteiger partial charge in [0.2, 0.25) is 5.91 Å². The zero-order valence-corrected chi connectivity index (χ0v) is 9.63. The number of hydrogen-bond donors (Lipinski definition) is 1. The van der Waals surface area contributed by atoms with Crippen molar-refractivity contribution in [2.45, 2.75) is 19.4 Å². The Balaban J connectivity index is 2.40. The van der Waals surface area contributed by atoms with Crippen molar-refractivity contribution in [2.75, 3.05) is 11.5 Å². The molecule has 1 N–H and O–H groups in total. The summed E-state index contributed by atoms with van der Waals surface area (Å²) in [6.07, 6.45) is 0.345. The van der Waals surface area contributed by atoms with E-state index in [0.29, 0.717) is 17.7 Å². The predicted molar refractivity (Wildman–Crippen MR) is 63.3 cm³/mol. The molecule has 17 heavy (non-hydrogen) atoms. The standard InChI is InChI=1S/C13H14N2O2/c1-9-11(8-16)6-13(17)15(9)12-5-3-2-4-10(12)7-14/h2-5,9,11,16H,6,8H2,1H3. The SMILES string of the molecule is CC1C(CO)CC(=O)N1c1ccccc1C#N. The zero-order chi connectivity index (χ0) is 12.4. The first kappa shape index (κ1) is 11.6. The summed E-state index contributed by atoms with van der Waals surface area (Å²) in [5.74, 6) is -0.0755. The van der Waals surface area contributed by atoms with Gasteiger partial charge in [0, 0.05) is 25.0 Å². The Morgan fingerprint density at radius 2 is 2.24 bits per heavy atom. The molecule has 0 aromatic heterocycles. The molecule has 2 unspecified atom stereocenters. The number of aliphatic hydroxyl groups is 1. The van der Waals surface area contributed by atoms with Crippen molar-refractivity contribution in [3.05, 3.63) is 29.8 Å². The normalized spacial score (nSPS) is 23.8. The Bertz CT molecular complexity index is 479. The van der Waals surface area contributed by atoms with Gasteiger partial charge in [0.25, 0.3) is 0 Å². The summed E-state index contributed by atoms with van der Waals surface area (Å²) >= 11 is 0. The number of amides is 1. The number of hydrogen-bond acceptors (Lipinski definition) is 3. The van der Waals surface area contributed by atoms with Gasteiger partial charge in [-0.25, -0.2) is 0 Å². The molecular formula is C13H14N2O2. The molecule has 2 atom stereocenters. The lowest BCUT2D eigenvalue weighted by atomic mass is 10.0. The molecule has 1 aromatic carbocycles. The molecule has 0 bridgehead atoms. The van der Waals surface area contributed by atoms with Crippen LogP contribution in [0.1, 0.15) is 18.9 Å². The van der Waals surface area contributed by atoms with Gasteiger partial charge in [-0.3, -0.25) is 4.79 Å². The van der Waals surface area contributed by atoms with E-state index in [1.54, 1.807) is 23.1 Å². The van der Waals surface area contributed by atoms with Crippen molar-refractivity contribution in [2.24, 2.45) is 5.92 Å². The van der Waals surface area contributed by atoms with Gasteiger partial charge in [-0.2, -0.15) is 5.26 Å². The number of para-hydroxylation sites is 1. The van der Waals surface area contributed by atoms with E-state index >= 15 is 0 Å². The molecule has 0 aliphatic carbocycles. The number of carbonyl (C=O) groups excluding carboxylic acids is 1. The van der Waals surface area contributed by atoms with Crippen LogP contribution in [0.4, 0.5) is 5.69 Å². The molecule has 1 saturated heterocycles. The molecular weight excluding hydrogens is 216 g/mol. The molecule has 1 aromatic rings. The number of carbonyl (C=O) groups is 1. The fraction of sp³-hybridized carbons (Fsp3) is 0.385. The highest BCUT2D eigenvalue weighted by molar-refractivity contribution is 5.97. The lowest BCUT2D eigenvalue weighted by Gasteiger charge is -2.24. The van der Waals surface area contributed by atoms with E-state index in [-0.39, 0.29) is 24.5 Å². The number of benzene rings is 1. The second-order valence-corrected chi connectivity index (χ2v) is 4.28. The minimum atomic E-state index is -0.0676. The second kappa shape index (κ2) is 4.56. The lowest BCUT2D eigenvalue weighted by molar-refractivity contribution is -0.117. The number of aliphatic hydroxyl groups excluding tert-OH is 1. The van der Waals surface area contributed by atoms with Gasteiger partial charge in [0.1, 0.15) is 6.07 Å². The summed E-state index contributed by atoms with van der Waals surface area (Å²) in [4.78, 5) is 13.6. The third-order valence-corrected chi connectivity index (χ3v) is 3.31. The monoisotopic (exact) mass is 230 g/mol. The van der Waals surface area contributed by atoms with Crippen LogP contribution in [-0.4, -0.2) is 23.7 Å². The van der Waals surface area contributed by atoms with Gasteiger partial charge in [-0.1, -0.05) is 12.1 Å². The van der Waals surface area contributed by atoms with Crippen LogP contribution in [0.25, 0.3) is 0 Å². The van der Waals surface area contributed by atoms with Gasteiger partial charge in [0.05, 0.1) is 11.3 Å². The zero-order valence-electron chi connectivity index (χ0n) is 9.63. The molecule has 88 valence electrons. The molecule has 4 nitrogen and oxygen atoms in total. The molecule has 1 aliphatic heterocycles. The maximum atomic E-state index is 11.9. The molecule has 1 heterocycles. The fourth-order valence-electron chi connectivity index (χ4n) is 2.28. The molecule has 0 radical (unpaired) electrons. The average molecular weight is 230 g/mol. The van der Waals surface area contributed by atoms with Crippen LogP contribution in [0.5, 0.6) is 0 Å². The first-order valence-corrected chi connectivity index (χ1v) is 5.61. The minimum absolute atomic E-state index is 0.00186. The summed E-state index contributed by atoms with van der Waals surface area (Å²) in [5.41, 5.74) is 1.13. The Hall–Kier alpha value is -1.86. The van der Waals surface area contributed by atoms with Crippen molar-refractivity contribution in [1.82, 2.24) is 0 Å². The van der Waals surface area contributed by atoms with Gasteiger partial charge >= 0.3 is 0 Å². The van der Waals surface area contributed by atoms with Crippen LogP contribution in [0, 0.1) is 17.2 Å².